The third kappa shape index (κ3) is 2.87. The van der Waals surface area contributed by atoms with Gasteiger partial charge in [-0.05, 0) is 42.2 Å². The molecule has 1 aliphatic heterocycles. The molecule has 3 heteroatoms. The fourth-order valence-electron chi connectivity index (χ4n) is 3.12. The summed E-state index contributed by atoms with van der Waals surface area (Å²) < 4.78 is 11.4. The standard InChI is InChI=1S/C19H22O3/c1-13-10-18(22-16-8-9-21-12-16)17(11-20)14(2)19(13)15-6-4-3-5-7-15/h3-7,10,16,20H,8-9,11-12H2,1-2H3. The van der Waals surface area contributed by atoms with Crippen LogP contribution in [-0.4, -0.2) is 24.4 Å². The third-order valence-corrected chi connectivity index (χ3v) is 4.27. The van der Waals surface area contributed by atoms with Crippen molar-refractivity contribution in [2.45, 2.75) is 33.0 Å². The number of rotatable bonds is 4. The number of ether oxygens (including phenoxy) is 2. The van der Waals surface area contributed by atoms with E-state index in [2.05, 4.69) is 26.0 Å². The van der Waals surface area contributed by atoms with E-state index in [-0.39, 0.29) is 12.7 Å². The molecule has 1 aliphatic rings. The molecular formula is C19H22O3. The summed E-state index contributed by atoms with van der Waals surface area (Å²) in [7, 11) is 0. The van der Waals surface area contributed by atoms with Crippen LogP contribution in [-0.2, 0) is 11.3 Å². The summed E-state index contributed by atoms with van der Waals surface area (Å²) in [6.07, 6.45) is 0.996. The van der Waals surface area contributed by atoms with Crippen LogP contribution in [0, 0.1) is 13.8 Å². The average Bonchev–Trinajstić information content (AvgIpc) is 3.01. The van der Waals surface area contributed by atoms with E-state index in [0.29, 0.717) is 6.61 Å². The fourth-order valence-corrected chi connectivity index (χ4v) is 3.12. The number of aliphatic hydroxyl groups is 1. The Balaban J connectivity index is 2.03. The van der Waals surface area contributed by atoms with Gasteiger partial charge in [0.2, 0.25) is 0 Å². The highest BCUT2D eigenvalue weighted by molar-refractivity contribution is 5.73. The van der Waals surface area contributed by atoms with Gasteiger partial charge in [0, 0.05) is 12.0 Å². The van der Waals surface area contributed by atoms with Crippen molar-refractivity contribution < 1.29 is 14.6 Å². The van der Waals surface area contributed by atoms with E-state index in [1.54, 1.807) is 0 Å². The Morgan fingerprint density at radius 3 is 2.64 bits per heavy atom. The normalized spacial score (nSPS) is 17.7. The lowest BCUT2D eigenvalue weighted by molar-refractivity contribution is 0.139. The van der Waals surface area contributed by atoms with E-state index in [1.807, 2.05) is 24.3 Å². The maximum atomic E-state index is 9.82. The maximum absolute atomic E-state index is 9.82. The Hall–Kier alpha value is -1.84. The van der Waals surface area contributed by atoms with Gasteiger partial charge in [-0.15, -0.1) is 0 Å². The summed E-state index contributed by atoms with van der Waals surface area (Å²) in [4.78, 5) is 0. The average molecular weight is 298 g/mol. The highest BCUT2D eigenvalue weighted by atomic mass is 16.5. The molecule has 3 rings (SSSR count). The van der Waals surface area contributed by atoms with E-state index in [4.69, 9.17) is 9.47 Å². The van der Waals surface area contributed by atoms with Gasteiger partial charge in [0.25, 0.3) is 0 Å². The molecule has 1 unspecified atom stereocenters. The minimum absolute atomic E-state index is 0.0190. The lowest BCUT2D eigenvalue weighted by Gasteiger charge is -2.20. The second-order valence-corrected chi connectivity index (χ2v) is 5.80. The second-order valence-electron chi connectivity index (χ2n) is 5.80. The highest BCUT2D eigenvalue weighted by Gasteiger charge is 2.21. The van der Waals surface area contributed by atoms with Gasteiger partial charge in [-0.25, -0.2) is 0 Å². The number of hydrogen-bond donors (Lipinski definition) is 1. The molecular weight excluding hydrogens is 276 g/mol. The molecule has 0 radical (unpaired) electrons. The predicted octanol–water partition coefficient (Wildman–Crippen LogP) is 3.63. The molecule has 116 valence electrons. The van der Waals surface area contributed by atoms with Crippen LogP contribution in [0.2, 0.25) is 0 Å². The zero-order valence-electron chi connectivity index (χ0n) is 13.1. The largest absolute Gasteiger partial charge is 0.488 e. The summed E-state index contributed by atoms with van der Waals surface area (Å²) in [6, 6.07) is 12.3. The Bertz CT molecular complexity index is 643. The number of benzene rings is 2. The molecule has 0 aromatic heterocycles. The molecule has 1 fully saturated rings. The zero-order valence-corrected chi connectivity index (χ0v) is 13.1. The molecule has 0 spiro atoms. The Labute approximate surface area is 131 Å². The maximum Gasteiger partial charge on any atom is 0.125 e. The summed E-state index contributed by atoms with van der Waals surface area (Å²) in [5, 5.41) is 9.82. The lowest BCUT2D eigenvalue weighted by Crippen LogP contribution is -2.17. The molecule has 1 heterocycles. The Morgan fingerprint density at radius 1 is 1.23 bits per heavy atom. The molecule has 1 N–H and O–H groups in total. The van der Waals surface area contributed by atoms with Crippen LogP contribution in [0.4, 0.5) is 0 Å². The van der Waals surface area contributed by atoms with Gasteiger partial charge in [-0.2, -0.15) is 0 Å². The van der Waals surface area contributed by atoms with E-state index < -0.39 is 0 Å². The molecule has 2 aromatic rings. The van der Waals surface area contributed by atoms with Crippen molar-refractivity contribution in [2.24, 2.45) is 0 Å². The van der Waals surface area contributed by atoms with Crippen LogP contribution in [0.15, 0.2) is 36.4 Å². The molecule has 3 nitrogen and oxygen atoms in total. The minimum atomic E-state index is -0.0190. The summed E-state index contributed by atoms with van der Waals surface area (Å²) >= 11 is 0. The third-order valence-electron chi connectivity index (χ3n) is 4.27. The predicted molar refractivity (Wildman–Crippen MR) is 87.1 cm³/mol. The first-order valence-electron chi connectivity index (χ1n) is 7.74. The minimum Gasteiger partial charge on any atom is -0.488 e. The van der Waals surface area contributed by atoms with Crippen LogP contribution >= 0.6 is 0 Å². The Kier molecular flexibility index (Phi) is 4.46. The number of aliphatic hydroxyl groups excluding tert-OH is 1. The monoisotopic (exact) mass is 298 g/mol. The number of hydrogen-bond acceptors (Lipinski definition) is 3. The van der Waals surface area contributed by atoms with E-state index in [0.717, 1.165) is 35.5 Å². The van der Waals surface area contributed by atoms with Crippen LogP contribution in [0.1, 0.15) is 23.1 Å². The first-order valence-corrected chi connectivity index (χ1v) is 7.74. The van der Waals surface area contributed by atoms with Crippen molar-refractivity contribution in [2.75, 3.05) is 13.2 Å². The van der Waals surface area contributed by atoms with Gasteiger partial charge in [-0.1, -0.05) is 30.3 Å². The first kappa shape index (κ1) is 15.1. The van der Waals surface area contributed by atoms with Crippen molar-refractivity contribution in [3.05, 3.63) is 53.1 Å². The molecule has 0 bridgehead atoms. The van der Waals surface area contributed by atoms with Crippen LogP contribution in [0.5, 0.6) is 5.75 Å². The van der Waals surface area contributed by atoms with Crippen molar-refractivity contribution in [3.63, 3.8) is 0 Å². The van der Waals surface area contributed by atoms with Gasteiger partial charge >= 0.3 is 0 Å². The quantitative estimate of drug-likeness (QED) is 0.936. The molecule has 0 amide bonds. The first-order chi connectivity index (χ1) is 10.7. The van der Waals surface area contributed by atoms with Crippen molar-refractivity contribution in [1.29, 1.82) is 0 Å². The van der Waals surface area contributed by atoms with Gasteiger partial charge in [0.1, 0.15) is 11.9 Å². The fraction of sp³-hybridized carbons (Fsp3) is 0.368. The number of aryl methyl sites for hydroxylation is 1. The van der Waals surface area contributed by atoms with E-state index in [9.17, 15) is 5.11 Å². The Morgan fingerprint density at radius 2 is 2.00 bits per heavy atom. The van der Waals surface area contributed by atoms with Crippen LogP contribution in [0.25, 0.3) is 11.1 Å². The van der Waals surface area contributed by atoms with Gasteiger partial charge in [0.15, 0.2) is 0 Å². The molecule has 1 atom stereocenters. The zero-order chi connectivity index (χ0) is 15.5. The smallest absolute Gasteiger partial charge is 0.125 e. The topological polar surface area (TPSA) is 38.7 Å². The SMILES string of the molecule is Cc1cc(OC2CCOC2)c(CO)c(C)c1-c1ccccc1. The summed E-state index contributed by atoms with van der Waals surface area (Å²) in [6.45, 7) is 5.50. The van der Waals surface area contributed by atoms with Crippen LogP contribution < -0.4 is 4.74 Å². The van der Waals surface area contributed by atoms with Gasteiger partial charge in [0.05, 0.1) is 19.8 Å². The molecule has 2 aromatic carbocycles. The van der Waals surface area contributed by atoms with Gasteiger partial charge < -0.3 is 14.6 Å². The molecule has 1 saturated heterocycles. The molecule has 0 saturated carbocycles. The summed E-state index contributed by atoms with van der Waals surface area (Å²) in [5.41, 5.74) is 5.47. The van der Waals surface area contributed by atoms with Crippen LogP contribution in [0.3, 0.4) is 0 Å². The lowest BCUT2D eigenvalue weighted by atomic mass is 9.91. The van der Waals surface area contributed by atoms with Crippen molar-refractivity contribution >= 4 is 0 Å². The second kappa shape index (κ2) is 6.51. The molecule has 22 heavy (non-hydrogen) atoms. The van der Waals surface area contributed by atoms with Crippen molar-refractivity contribution in [1.82, 2.24) is 0 Å². The van der Waals surface area contributed by atoms with E-state index >= 15 is 0 Å². The van der Waals surface area contributed by atoms with E-state index in [1.165, 1.54) is 11.1 Å². The summed E-state index contributed by atoms with van der Waals surface area (Å²) in [5.74, 6) is 0.785. The highest BCUT2D eigenvalue weighted by Crippen LogP contribution is 2.36. The van der Waals surface area contributed by atoms with Crippen molar-refractivity contribution in [3.8, 4) is 16.9 Å². The molecule has 0 aliphatic carbocycles. The van der Waals surface area contributed by atoms with Gasteiger partial charge in [-0.3, -0.25) is 0 Å².